The SMILES string of the molecule is COc1ccc(C(=O)N2N=C(C)C[C@@]2(O)C(F)(F)F)cc1. The van der Waals surface area contributed by atoms with E-state index in [0.29, 0.717) is 5.75 Å². The molecule has 0 saturated heterocycles. The number of halogens is 3. The molecule has 1 N–H and O–H groups in total. The third-order valence-corrected chi connectivity index (χ3v) is 3.11. The van der Waals surface area contributed by atoms with Crippen LogP contribution in [0.2, 0.25) is 0 Å². The second-order valence-electron chi connectivity index (χ2n) is 4.67. The van der Waals surface area contributed by atoms with Crippen molar-refractivity contribution in [1.29, 1.82) is 0 Å². The van der Waals surface area contributed by atoms with E-state index in [9.17, 15) is 23.1 Å². The van der Waals surface area contributed by atoms with Gasteiger partial charge < -0.3 is 9.84 Å². The molecule has 0 bridgehead atoms. The summed E-state index contributed by atoms with van der Waals surface area (Å²) in [5, 5.41) is 13.4. The van der Waals surface area contributed by atoms with Crippen LogP contribution in [0.1, 0.15) is 23.7 Å². The fraction of sp³-hybridized carbons (Fsp3) is 0.385. The third kappa shape index (κ3) is 2.58. The van der Waals surface area contributed by atoms with Gasteiger partial charge in [0.05, 0.1) is 7.11 Å². The van der Waals surface area contributed by atoms with Gasteiger partial charge in [0.2, 0.25) is 0 Å². The van der Waals surface area contributed by atoms with Gasteiger partial charge in [0.25, 0.3) is 11.6 Å². The number of amides is 1. The second kappa shape index (κ2) is 5.03. The molecule has 1 aliphatic rings. The number of hydrogen-bond donors (Lipinski definition) is 1. The number of carbonyl (C=O) groups is 1. The van der Waals surface area contributed by atoms with Crippen LogP contribution in [-0.4, -0.2) is 40.7 Å². The molecule has 21 heavy (non-hydrogen) atoms. The minimum atomic E-state index is -5.00. The lowest BCUT2D eigenvalue weighted by molar-refractivity contribution is -0.297. The van der Waals surface area contributed by atoms with E-state index in [1.54, 1.807) is 0 Å². The van der Waals surface area contributed by atoms with Crippen molar-refractivity contribution in [2.75, 3.05) is 7.11 Å². The van der Waals surface area contributed by atoms with Crippen LogP contribution < -0.4 is 4.74 Å². The third-order valence-electron chi connectivity index (χ3n) is 3.11. The second-order valence-corrected chi connectivity index (χ2v) is 4.67. The largest absolute Gasteiger partial charge is 0.497 e. The van der Waals surface area contributed by atoms with E-state index >= 15 is 0 Å². The number of alkyl halides is 3. The number of hydrazone groups is 1. The Bertz CT molecular complexity index is 583. The molecule has 0 aliphatic carbocycles. The lowest BCUT2D eigenvalue weighted by Crippen LogP contribution is -2.56. The number of aliphatic hydroxyl groups is 1. The van der Waals surface area contributed by atoms with Gasteiger partial charge in [-0.1, -0.05) is 0 Å². The van der Waals surface area contributed by atoms with Crippen LogP contribution in [0, 0.1) is 0 Å². The zero-order valence-corrected chi connectivity index (χ0v) is 11.3. The van der Waals surface area contributed by atoms with Gasteiger partial charge in [-0.15, -0.1) is 0 Å². The minimum Gasteiger partial charge on any atom is -0.497 e. The molecule has 0 radical (unpaired) electrons. The van der Waals surface area contributed by atoms with Gasteiger partial charge in [0.15, 0.2) is 0 Å². The van der Waals surface area contributed by atoms with Gasteiger partial charge in [0.1, 0.15) is 5.75 Å². The average molecular weight is 302 g/mol. The van der Waals surface area contributed by atoms with Crippen molar-refractivity contribution >= 4 is 11.6 Å². The van der Waals surface area contributed by atoms with Gasteiger partial charge in [-0.3, -0.25) is 4.79 Å². The topological polar surface area (TPSA) is 62.1 Å². The van der Waals surface area contributed by atoms with Gasteiger partial charge >= 0.3 is 6.18 Å². The molecule has 5 nitrogen and oxygen atoms in total. The van der Waals surface area contributed by atoms with Crippen LogP contribution in [0.4, 0.5) is 13.2 Å². The number of nitrogens with zero attached hydrogens (tertiary/aromatic N) is 2. The first-order valence-electron chi connectivity index (χ1n) is 6.01. The standard InChI is InChI=1S/C13H13F3N2O3/c1-8-7-12(20,13(14,15)16)18(17-8)11(19)9-3-5-10(21-2)6-4-9/h3-6,20H,7H2,1-2H3/t12-/m1/s1. The van der Waals surface area contributed by atoms with E-state index in [2.05, 4.69) is 5.10 Å². The first kappa shape index (κ1) is 15.3. The molecule has 1 aromatic rings. The van der Waals surface area contributed by atoms with Crippen LogP contribution in [-0.2, 0) is 0 Å². The van der Waals surface area contributed by atoms with E-state index in [1.807, 2.05) is 0 Å². The Hall–Kier alpha value is -2.09. The van der Waals surface area contributed by atoms with Crippen molar-refractivity contribution in [3.63, 3.8) is 0 Å². The quantitative estimate of drug-likeness (QED) is 0.910. The van der Waals surface area contributed by atoms with E-state index in [0.717, 1.165) is 0 Å². The summed E-state index contributed by atoms with van der Waals surface area (Å²) >= 11 is 0. The monoisotopic (exact) mass is 302 g/mol. The number of rotatable bonds is 2. The van der Waals surface area contributed by atoms with Gasteiger partial charge in [0, 0.05) is 17.7 Å². The first-order valence-corrected chi connectivity index (χ1v) is 6.01. The molecule has 1 heterocycles. The molecule has 1 aliphatic heterocycles. The highest BCUT2D eigenvalue weighted by Crippen LogP contribution is 2.40. The van der Waals surface area contributed by atoms with Crippen LogP contribution in [0.5, 0.6) is 5.75 Å². The highest BCUT2D eigenvalue weighted by molar-refractivity contribution is 5.97. The molecule has 0 unspecified atom stereocenters. The lowest BCUT2D eigenvalue weighted by atomic mass is 10.1. The van der Waals surface area contributed by atoms with Gasteiger partial charge in [-0.05, 0) is 31.2 Å². The van der Waals surface area contributed by atoms with E-state index < -0.39 is 24.2 Å². The number of hydrogen-bond acceptors (Lipinski definition) is 4. The first-order chi connectivity index (χ1) is 9.69. The van der Waals surface area contributed by atoms with E-state index in [-0.39, 0.29) is 16.3 Å². The predicted octanol–water partition coefficient (Wildman–Crippen LogP) is 2.17. The maximum absolute atomic E-state index is 13.0. The number of methoxy groups -OCH3 is 1. The van der Waals surface area contributed by atoms with Crippen LogP contribution in [0.25, 0.3) is 0 Å². The molecule has 1 aromatic carbocycles. The Balaban J connectivity index is 2.35. The Labute approximate surface area is 118 Å². The van der Waals surface area contributed by atoms with Crippen LogP contribution in [0.15, 0.2) is 29.4 Å². The summed E-state index contributed by atoms with van der Waals surface area (Å²) < 4.78 is 44.0. The summed E-state index contributed by atoms with van der Waals surface area (Å²) in [4.78, 5) is 12.2. The molecular formula is C13H13F3N2O3. The highest BCUT2D eigenvalue weighted by Gasteiger charge is 2.62. The smallest absolute Gasteiger partial charge is 0.438 e. The zero-order chi connectivity index (χ0) is 15.8. The number of carbonyl (C=O) groups excluding carboxylic acids is 1. The number of benzene rings is 1. The van der Waals surface area contributed by atoms with Gasteiger partial charge in [-0.25, -0.2) is 0 Å². The Morgan fingerprint density at radius 2 is 1.95 bits per heavy atom. The Morgan fingerprint density at radius 1 is 1.38 bits per heavy atom. The molecule has 0 saturated carbocycles. The van der Waals surface area contributed by atoms with Crippen molar-refractivity contribution in [1.82, 2.24) is 5.01 Å². The maximum atomic E-state index is 13.0. The van der Waals surface area contributed by atoms with Crippen LogP contribution >= 0.6 is 0 Å². The normalized spacial score (nSPS) is 22.2. The van der Waals surface area contributed by atoms with E-state index in [1.165, 1.54) is 38.3 Å². The van der Waals surface area contributed by atoms with Crippen molar-refractivity contribution in [2.24, 2.45) is 5.10 Å². The fourth-order valence-electron chi connectivity index (χ4n) is 2.01. The highest BCUT2D eigenvalue weighted by atomic mass is 19.4. The Kier molecular flexibility index (Phi) is 3.66. The van der Waals surface area contributed by atoms with Gasteiger partial charge in [-0.2, -0.15) is 23.3 Å². The predicted molar refractivity (Wildman–Crippen MR) is 67.9 cm³/mol. The molecule has 1 atom stereocenters. The fourth-order valence-corrected chi connectivity index (χ4v) is 2.01. The minimum absolute atomic E-state index is 0.0247. The molecule has 114 valence electrons. The lowest BCUT2D eigenvalue weighted by Gasteiger charge is -2.32. The summed E-state index contributed by atoms with van der Waals surface area (Å²) in [7, 11) is 1.42. The van der Waals surface area contributed by atoms with E-state index in [4.69, 9.17) is 4.74 Å². The summed E-state index contributed by atoms with van der Waals surface area (Å²) in [5.74, 6) is -0.576. The van der Waals surface area contributed by atoms with Crippen molar-refractivity contribution in [3.05, 3.63) is 29.8 Å². The zero-order valence-electron chi connectivity index (χ0n) is 11.3. The Morgan fingerprint density at radius 3 is 2.43 bits per heavy atom. The summed E-state index contributed by atoms with van der Waals surface area (Å²) in [6.07, 6.45) is -5.77. The summed E-state index contributed by atoms with van der Waals surface area (Å²) in [6.45, 7) is 1.32. The maximum Gasteiger partial charge on any atom is 0.438 e. The molecule has 0 aromatic heterocycles. The summed E-state index contributed by atoms with van der Waals surface area (Å²) in [5.41, 5.74) is -3.32. The average Bonchev–Trinajstić information content (AvgIpc) is 2.74. The summed E-state index contributed by atoms with van der Waals surface area (Å²) in [6, 6.07) is 5.49. The molecule has 1 amide bonds. The molecule has 8 heteroatoms. The van der Waals surface area contributed by atoms with Crippen LogP contribution in [0.3, 0.4) is 0 Å². The van der Waals surface area contributed by atoms with Crippen molar-refractivity contribution < 1.29 is 27.8 Å². The molecule has 2 rings (SSSR count). The molecule has 0 fully saturated rings. The molecular weight excluding hydrogens is 289 g/mol. The van der Waals surface area contributed by atoms with Crippen molar-refractivity contribution in [2.45, 2.75) is 25.2 Å². The van der Waals surface area contributed by atoms with Crippen molar-refractivity contribution in [3.8, 4) is 5.75 Å². The molecule has 0 spiro atoms. The number of ether oxygens (including phenoxy) is 1.